The number of carbonyl (C=O) groups is 2. The van der Waals surface area contributed by atoms with Gasteiger partial charge in [-0.05, 0) is 0 Å². The molecule has 0 aliphatic heterocycles. The first kappa shape index (κ1) is 23.8. The van der Waals surface area contributed by atoms with Crippen molar-refractivity contribution in [2.45, 2.75) is 62.2 Å². The summed E-state index contributed by atoms with van der Waals surface area (Å²) in [6, 6.07) is -0.160. The Kier molecular flexibility index (Phi) is 13.1. The van der Waals surface area contributed by atoms with Gasteiger partial charge in [0.15, 0.2) is 12.4 Å². The van der Waals surface area contributed by atoms with E-state index in [1.165, 1.54) is 12.8 Å². The van der Waals surface area contributed by atoms with E-state index in [0.29, 0.717) is 0 Å². The van der Waals surface area contributed by atoms with Gasteiger partial charge in [-0.15, -0.1) is 0 Å². The zero-order valence-electron chi connectivity index (χ0n) is 11.7. The maximum Gasteiger partial charge on any atom is 0.335 e. The fourth-order valence-corrected chi connectivity index (χ4v) is 1.75. The Labute approximate surface area is 142 Å². The number of carbonyl (C=O) groups excluding carboxylic acids is 1. The van der Waals surface area contributed by atoms with Gasteiger partial charge in [0.2, 0.25) is 0 Å². The van der Waals surface area contributed by atoms with Crippen molar-refractivity contribution in [3.63, 3.8) is 0 Å². The van der Waals surface area contributed by atoms with Crippen LogP contribution in [0.2, 0.25) is 0 Å². The summed E-state index contributed by atoms with van der Waals surface area (Å²) in [5.74, 6) is -1.76. The molecule has 1 saturated carbocycles. The van der Waals surface area contributed by atoms with Gasteiger partial charge >= 0.3 is 5.97 Å². The molecule has 1 rings (SSSR count). The van der Waals surface area contributed by atoms with Crippen molar-refractivity contribution >= 4 is 12.3 Å². The van der Waals surface area contributed by atoms with Crippen LogP contribution in [0.1, 0.15) is 25.7 Å². The molecule has 22 heavy (non-hydrogen) atoms. The molecule has 1 aliphatic rings. The molecule has 0 aromatic rings. The first-order valence-corrected chi connectivity index (χ1v) is 6.55. The Morgan fingerprint density at radius 1 is 1.00 bits per heavy atom. The van der Waals surface area contributed by atoms with Crippen LogP contribution in [-0.2, 0) is 30.7 Å². The summed E-state index contributed by atoms with van der Waals surface area (Å²) >= 11 is 0. The second kappa shape index (κ2) is 12.1. The Hall–Kier alpha value is -0.412. The van der Waals surface area contributed by atoms with Gasteiger partial charge in [-0.1, -0.05) is 25.7 Å². The number of aliphatic hydroxyl groups is 4. The smallest absolute Gasteiger partial charge is 0.335 e. The molecule has 0 saturated heterocycles. The molecular weight excluding hydrogens is 479 g/mol. The number of hydrogen-bond acceptors (Lipinski definition) is 6. The Morgan fingerprint density at radius 3 is 1.68 bits per heavy atom. The average molecular weight is 501 g/mol. The number of nitrogens with one attached hydrogen (secondary N) is 2. The Balaban J connectivity index is 0. The van der Waals surface area contributed by atoms with Crippen LogP contribution in [-0.4, -0.2) is 74.3 Å². The number of carboxylic acids is 1. The van der Waals surface area contributed by atoms with Crippen LogP contribution in [0.5, 0.6) is 0 Å². The Bertz CT molecular complexity index is 325. The first-order chi connectivity index (χ1) is 9.72. The van der Waals surface area contributed by atoms with Crippen molar-refractivity contribution in [2.75, 3.05) is 0 Å². The van der Waals surface area contributed by atoms with Crippen LogP contribution in [0.4, 0.5) is 0 Å². The molecule has 1 aliphatic carbocycles. The van der Waals surface area contributed by atoms with E-state index >= 15 is 0 Å². The summed E-state index contributed by atoms with van der Waals surface area (Å²) in [5, 5.41) is 43.2. The van der Waals surface area contributed by atoms with Gasteiger partial charge in [0, 0.05) is 21.1 Å². The third-order valence-electron chi connectivity index (χ3n) is 3.18. The summed E-state index contributed by atoms with van der Waals surface area (Å²) in [6.45, 7) is 0. The summed E-state index contributed by atoms with van der Waals surface area (Å²) in [7, 11) is 0. The SMILES string of the molecule is O=CC(O)C(O)C(O)C(O)C(=O)O.[NH-]C1CCCCC1[NH-].[Pt]. The largest absolute Gasteiger partial charge is 0.676 e. The van der Waals surface area contributed by atoms with Gasteiger partial charge in [0.05, 0.1) is 0 Å². The van der Waals surface area contributed by atoms with Crippen molar-refractivity contribution in [2.24, 2.45) is 0 Å². The average Bonchev–Trinajstić information content (AvgIpc) is 2.47. The van der Waals surface area contributed by atoms with Gasteiger partial charge in [-0.3, -0.25) is 0 Å². The van der Waals surface area contributed by atoms with Crippen molar-refractivity contribution in [3.05, 3.63) is 11.5 Å². The quantitative estimate of drug-likeness (QED) is 0.303. The number of rotatable bonds is 5. The maximum atomic E-state index is 10.1. The summed E-state index contributed by atoms with van der Waals surface area (Å²) in [6.07, 6.45) is -4.15. The van der Waals surface area contributed by atoms with Crippen molar-refractivity contribution in [3.8, 4) is 0 Å². The standard InChI is InChI=1S/C6H12N2.C6H10O7.Pt/c7-5-3-1-2-4-6(5)8;7-1-2(8)3(9)4(10)5(11)6(12)13;/h5-8H,1-4H2;1-5,8-11H,(H,12,13);/q-2;;. The molecule has 0 heterocycles. The number of aldehydes is 1. The van der Waals surface area contributed by atoms with E-state index in [2.05, 4.69) is 0 Å². The van der Waals surface area contributed by atoms with Crippen LogP contribution in [0.25, 0.3) is 11.5 Å². The van der Waals surface area contributed by atoms with E-state index in [1.807, 2.05) is 0 Å². The van der Waals surface area contributed by atoms with Gasteiger partial charge in [-0.25, -0.2) is 4.79 Å². The molecule has 6 unspecified atom stereocenters. The normalized spacial score (nSPS) is 26.3. The molecule has 10 heteroatoms. The third-order valence-corrected chi connectivity index (χ3v) is 3.18. The minimum absolute atomic E-state index is 0. The van der Waals surface area contributed by atoms with Crippen molar-refractivity contribution in [1.29, 1.82) is 0 Å². The molecule has 0 amide bonds. The van der Waals surface area contributed by atoms with Gasteiger partial charge < -0.3 is 41.8 Å². The predicted octanol–water partition coefficient (Wildman–Crippen LogP) is -0.887. The molecule has 0 aromatic heterocycles. The molecule has 1 fully saturated rings. The molecule has 7 N–H and O–H groups in total. The van der Waals surface area contributed by atoms with Gasteiger partial charge in [0.25, 0.3) is 0 Å². The topological polar surface area (TPSA) is 183 Å². The number of carboxylic acid groups (broad SMARTS) is 1. The minimum Gasteiger partial charge on any atom is -0.676 e. The van der Waals surface area contributed by atoms with Crippen LogP contribution >= 0.6 is 0 Å². The van der Waals surface area contributed by atoms with E-state index in [4.69, 9.17) is 37.0 Å². The summed E-state index contributed by atoms with van der Waals surface area (Å²) in [5.41, 5.74) is 14.6. The first-order valence-electron chi connectivity index (χ1n) is 6.55. The fraction of sp³-hybridized carbons (Fsp3) is 0.833. The number of aliphatic hydroxyl groups excluding tert-OH is 4. The molecule has 0 spiro atoms. The Morgan fingerprint density at radius 2 is 1.41 bits per heavy atom. The third kappa shape index (κ3) is 8.28. The number of aliphatic carboxylic acids is 1. The second-order valence-corrected chi connectivity index (χ2v) is 4.89. The van der Waals surface area contributed by atoms with Crippen LogP contribution in [0.3, 0.4) is 0 Å². The van der Waals surface area contributed by atoms with Crippen molar-refractivity contribution in [1.82, 2.24) is 0 Å². The van der Waals surface area contributed by atoms with Gasteiger partial charge in [0.1, 0.15) is 18.3 Å². The van der Waals surface area contributed by atoms with E-state index < -0.39 is 30.4 Å². The molecule has 6 atom stereocenters. The second-order valence-electron chi connectivity index (χ2n) is 4.89. The van der Waals surface area contributed by atoms with Crippen LogP contribution in [0, 0.1) is 0 Å². The molecule has 0 radical (unpaired) electrons. The number of hydrogen-bond donors (Lipinski definition) is 5. The van der Waals surface area contributed by atoms with E-state index in [1.54, 1.807) is 0 Å². The molecule has 0 aromatic carbocycles. The fourth-order valence-electron chi connectivity index (χ4n) is 1.75. The van der Waals surface area contributed by atoms with E-state index in [9.17, 15) is 9.59 Å². The molecule has 9 nitrogen and oxygen atoms in total. The van der Waals surface area contributed by atoms with Crippen molar-refractivity contribution < 1.29 is 56.2 Å². The molecule has 134 valence electrons. The zero-order valence-corrected chi connectivity index (χ0v) is 14.0. The monoisotopic (exact) mass is 501 g/mol. The van der Waals surface area contributed by atoms with Crippen LogP contribution < -0.4 is 0 Å². The summed E-state index contributed by atoms with van der Waals surface area (Å²) in [4.78, 5) is 20.0. The van der Waals surface area contributed by atoms with Gasteiger partial charge in [-0.2, -0.15) is 12.1 Å². The maximum absolute atomic E-state index is 10.1. The van der Waals surface area contributed by atoms with Crippen LogP contribution in [0.15, 0.2) is 0 Å². The molecule has 0 bridgehead atoms. The zero-order chi connectivity index (χ0) is 16.6. The van der Waals surface area contributed by atoms with E-state index in [0.717, 1.165) is 12.8 Å². The summed E-state index contributed by atoms with van der Waals surface area (Å²) < 4.78 is 0. The predicted molar refractivity (Wildman–Crippen MR) is 72.4 cm³/mol. The van der Waals surface area contributed by atoms with E-state index in [-0.39, 0.29) is 39.4 Å². The molecular formula is C12H22N2O7Pt-2. The minimum atomic E-state index is -2.25.